The first-order chi connectivity index (χ1) is 9.52. The number of benzene rings is 2. The van der Waals surface area contributed by atoms with Crippen LogP contribution in [0.2, 0.25) is 5.02 Å². The van der Waals surface area contributed by atoms with Crippen LogP contribution in [0.5, 0.6) is 0 Å². The minimum atomic E-state index is -0.859. The van der Waals surface area contributed by atoms with Crippen LogP contribution in [0.15, 0.2) is 51.4 Å². The van der Waals surface area contributed by atoms with E-state index < -0.39 is 5.92 Å². The average Bonchev–Trinajstić information content (AvgIpc) is 2.41. The molecule has 0 aliphatic heterocycles. The van der Waals surface area contributed by atoms with Crippen molar-refractivity contribution in [3.8, 4) is 6.07 Å². The van der Waals surface area contributed by atoms with Crippen molar-refractivity contribution in [2.45, 2.75) is 5.92 Å². The summed E-state index contributed by atoms with van der Waals surface area (Å²) >= 11 is 12.7. The third-order valence-electron chi connectivity index (χ3n) is 2.79. The molecule has 20 heavy (non-hydrogen) atoms. The fourth-order valence-electron chi connectivity index (χ4n) is 1.78. The molecule has 0 radical (unpaired) electrons. The molecule has 0 aliphatic carbocycles. The topological polar surface area (TPSA) is 40.9 Å². The maximum Gasteiger partial charge on any atom is 0.185 e. The third-order valence-corrected chi connectivity index (χ3v) is 4.13. The standard InChI is InChI=1S/C15H8Br2ClNO/c16-10-3-1-9(2-4-10)13(8-19)15(20)12-6-5-11(17)7-14(12)18/h1-7,13H. The van der Waals surface area contributed by atoms with Crippen LogP contribution in [0.3, 0.4) is 0 Å². The Labute approximate surface area is 138 Å². The Bertz CT molecular complexity index is 692. The van der Waals surface area contributed by atoms with Crippen molar-refractivity contribution in [3.63, 3.8) is 0 Å². The summed E-state index contributed by atoms with van der Waals surface area (Å²) < 4.78 is 1.68. The van der Waals surface area contributed by atoms with Gasteiger partial charge in [0.25, 0.3) is 0 Å². The Balaban J connectivity index is 2.39. The number of hydrogen-bond donors (Lipinski definition) is 0. The number of carbonyl (C=O) groups excluding carboxylic acids is 1. The highest BCUT2D eigenvalue weighted by molar-refractivity contribution is 9.10. The first-order valence-corrected chi connectivity index (χ1v) is 7.63. The van der Waals surface area contributed by atoms with E-state index >= 15 is 0 Å². The Morgan fingerprint density at radius 2 is 1.70 bits per heavy atom. The lowest BCUT2D eigenvalue weighted by Crippen LogP contribution is -2.11. The number of halogens is 3. The highest BCUT2D eigenvalue weighted by atomic mass is 79.9. The summed E-state index contributed by atoms with van der Waals surface area (Å²) in [4.78, 5) is 12.5. The predicted octanol–water partition coefficient (Wildman–Crippen LogP) is 5.36. The number of rotatable bonds is 3. The molecule has 0 N–H and O–H groups in total. The number of carbonyl (C=O) groups is 1. The zero-order valence-electron chi connectivity index (χ0n) is 10.1. The van der Waals surface area contributed by atoms with E-state index in [9.17, 15) is 10.1 Å². The van der Waals surface area contributed by atoms with Crippen LogP contribution in [0.1, 0.15) is 21.8 Å². The molecule has 0 aromatic heterocycles. The van der Waals surface area contributed by atoms with E-state index in [-0.39, 0.29) is 5.78 Å². The van der Waals surface area contributed by atoms with Gasteiger partial charge in [0.15, 0.2) is 5.78 Å². The summed E-state index contributed by atoms with van der Waals surface area (Å²) in [5.41, 5.74) is 1.00. The molecule has 0 heterocycles. The highest BCUT2D eigenvalue weighted by Crippen LogP contribution is 2.28. The van der Waals surface area contributed by atoms with Gasteiger partial charge in [-0.25, -0.2) is 0 Å². The van der Waals surface area contributed by atoms with Gasteiger partial charge in [0.05, 0.1) is 11.1 Å². The number of ketones is 1. The normalized spacial score (nSPS) is 11.7. The Morgan fingerprint density at radius 3 is 2.25 bits per heavy atom. The van der Waals surface area contributed by atoms with Crippen molar-refractivity contribution >= 4 is 49.2 Å². The van der Waals surface area contributed by atoms with E-state index in [0.717, 1.165) is 8.95 Å². The van der Waals surface area contributed by atoms with Crippen LogP contribution in [0, 0.1) is 11.3 Å². The smallest absolute Gasteiger partial charge is 0.185 e. The second-order valence-electron chi connectivity index (χ2n) is 4.10. The molecule has 100 valence electrons. The Kier molecular flexibility index (Phi) is 4.98. The second-order valence-corrected chi connectivity index (χ2v) is 6.34. The van der Waals surface area contributed by atoms with Gasteiger partial charge in [-0.15, -0.1) is 0 Å². The van der Waals surface area contributed by atoms with Gasteiger partial charge in [-0.3, -0.25) is 4.79 Å². The van der Waals surface area contributed by atoms with Gasteiger partial charge in [-0.05, 0) is 35.9 Å². The van der Waals surface area contributed by atoms with Crippen LogP contribution < -0.4 is 0 Å². The van der Waals surface area contributed by atoms with Gasteiger partial charge in [0.2, 0.25) is 0 Å². The van der Waals surface area contributed by atoms with Gasteiger partial charge in [-0.1, -0.05) is 55.6 Å². The van der Waals surface area contributed by atoms with Crippen molar-refractivity contribution in [2.75, 3.05) is 0 Å². The van der Waals surface area contributed by atoms with E-state index in [2.05, 4.69) is 31.9 Å². The fraction of sp³-hybridized carbons (Fsp3) is 0.0667. The molecule has 2 nitrogen and oxygen atoms in total. The zero-order valence-corrected chi connectivity index (χ0v) is 14.0. The lowest BCUT2D eigenvalue weighted by atomic mass is 9.92. The van der Waals surface area contributed by atoms with E-state index in [1.165, 1.54) is 0 Å². The molecule has 5 heteroatoms. The largest absolute Gasteiger partial charge is 0.292 e. The van der Waals surface area contributed by atoms with Crippen molar-refractivity contribution in [3.05, 3.63) is 67.6 Å². The molecule has 0 amide bonds. The number of nitrogens with zero attached hydrogens (tertiary/aromatic N) is 1. The molecule has 0 saturated heterocycles. The van der Waals surface area contributed by atoms with Crippen LogP contribution >= 0.6 is 43.5 Å². The van der Waals surface area contributed by atoms with Crippen LogP contribution in [-0.2, 0) is 0 Å². The quantitative estimate of drug-likeness (QED) is 0.636. The van der Waals surface area contributed by atoms with E-state index in [1.807, 2.05) is 6.07 Å². The summed E-state index contributed by atoms with van der Waals surface area (Å²) in [7, 11) is 0. The molecule has 2 aromatic rings. The predicted molar refractivity (Wildman–Crippen MR) is 86.0 cm³/mol. The minimum Gasteiger partial charge on any atom is -0.292 e. The maximum absolute atomic E-state index is 12.5. The summed E-state index contributed by atoms with van der Waals surface area (Å²) in [6.45, 7) is 0. The second kappa shape index (κ2) is 6.53. The zero-order chi connectivity index (χ0) is 14.7. The SMILES string of the molecule is N#CC(C(=O)c1ccc(Br)cc1Cl)c1ccc(Br)cc1. The van der Waals surface area contributed by atoms with Gasteiger partial charge in [0.1, 0.15) is 5.92 Å². The molecule has 0 bridgehead atoms. The van der Waals surface area contributed by atoms with Crippen molar-refractivity contribution < 1.29 is 4.79 Å². The molecular weight excluding hydrogens is 405 g/mol. The molecule has 2 aromatic carbocycles. The van der Waals surface area contributed by atoms with E-state index in [4.69, 9.17) is 11.6 Å². The summed E-state index contributed by atoms with van der Waals surface area (Å²) in [6, 6.07) is 14.1. The monoisotopic (exact) mass is 411 g/mol. The van der Waals surface area contributed by atoms with Crippen LogP contribution in [0.25, 0.3) is 0 Å². The van der Waals surface area contributed by atoms with Crippen molar-refractivity contribution in [2.24, 2.45) is 0 Å². The number of nitriles is 1. The van der Waals surface area contributed by atoms with Gasteiger partial charge < -0.3 is 0 Å². The summed E-state index contributed by atoms with van der Waals surface area (Å²) in [6.07, 6.45) is 0. The Morgan fingerprint density at radius 1 is 1.10 bits per heavy atom. The maximum atomic E-state index is 12.5. The molecular formula is C15H8Br2ClNO. The van der Waals surface area contributed by atoms with E-state index in [0.29, 0.717) is 16.1 Å². The average molecular weight is 413 g/mol. The van der Waals surface area contributed by atoms with Crippen LogP contribution in [0.4, 0.5) is 0 Å². The van der Waals surface area contributed by atoms with Crippen molar-refractivity contribution in [1.82, 2.24) is 0 Å². The Hall–Kier alpha value is -1.15. The van der Waals surface area contributed by atoms with Gasteiger partial charge >= 0.3 is 0 Å². The highest BCUT2D eigenvalue weighted by Gasteiger charge is 2.23. The fourth-order valence-corrected chi connectivity index (χ4v) is 2.82. The first-order valence-electron chi connectivity index (χ1n) is 5.67. The van der Waals surface area contributed by atoms with Gasteiger partial charge in [-0.2, -0.15) is 5.26 Å². The molecule has 2 rings (SSSR count). The summed E-state index contributed by atoms with van der Waals surface area (Å²) in [5.74, 6) is -1.16. The minimum absolute atomic E-state index is 0.299. The third kappa shape index (κ3) is 3.29. The molecule has 1 unspecified atom stereocenters. The summed E-state index contributed by atoms with van der Waals surface area (Å²) in [5, 5.41) is 9.63. The molecule has 0 saturated carbocycles. The lowest BCUT2D eigenvalue weighted by molar-refractivity contribution is 0.0979. The van der Waals surface area contributed by atoms with E-state index in [1.54, 1.807) is 42.5 Å². The lowest BCUT2D eigenvalue weighted by Gasteiger charge is -2.10. The number of Topliss-reactive ketones (excluding diaryl/α,β-unsaturated/α-hetero) is 1. The molecule has 0 fully saturated rings. The molecule has 1 atom stereocenters. The number of hydrogen-bond acceptors (Lipinski definition) is 2. The van der Waals surface area contributed by atoms with Gasteiger partial charge in [0, 0.05) is 14.5 Å². The first kappa shape index (κ1) is 15.2. The molecule has 0 spiro atoms. The van der Waals surface area contributed by atoms with Crippen molar-refractivity contribution in [1.29, 1.82) is 5.26 Å². The van der Waals surface area contributed by atoms with Crippen LogP contribution in [-0.4, -0.2) is 5.78 Å². The molecule has 0 aliphatic rings.